The molecule has 5 nitrogen and oxygen atoms in total. The van der Waals surface area contributed by atoms with Crippen molar-refractivity contribution in [3.05, 3.63) is 23.2 Å². The van der Waals surface area contributed by atoms with Gasteiger partial charge in [0.2, 0.25) is 0 Å². The van der Waals surface area contributed by atoms with Crippen LogP contribution in [0.15, 0.2) is 18.2 Å². The van der Waals surface area contributed by atoms with Gasteiger partial charge in [-0.3, -0.25) is 0 Å². The van der Waals surface area contributed by atoms with Crippen molar-refractivity contribution in [2.45, 2.75) is 32.7 Å². The number of hydrogen-bond donors (Lipinski definition) is 1. The van der Waals surface area contributed by atoms with Gasteiger partial charge in [0, 0.05) is 16.3 Å². The second kappa shape index (κ2) is 5.05. The maximum absolute atomic E-state index is 6.07. The molecular weight excluding hydrogens is 274 g/mol. The molecule has 1 aromatic heterocycles. The molecule has 0 spiro atoms. The highest BCUT2D eigenvalue weighted by Crippen LogP contribution is 2.40. The van der Waals surface area contributed by atoms with Crippen LogP contribution in [0.25, 0.3) is 11.4 Å². The first kappa shape index (κ1) is 13.4. The number of halogens is 1. The molecule has 0 amide bonds. The predicted molar refractivity (Wildman–Crippen MR) is 79.3 cm³/mol. The van der Waals surface area contributed by atoms with Crippen molar-refractivity contribution in [1.29, 1.82) is 0 Å². The Morgan fingerprint density at radius 3 is 2.70 bits per heavy atom. The molecule has 0 saturated heterocycles. The van der Waals surface area contributed by atoms with Crippen molar-refractivity contribution in [1.82, 2.24) is 20.2 Å². The van der Waals surface area contributed by atoms with Gasteiger partial charge in [-0.15, -0.1) is 5.10 Å². The topological polar surface area (TPSA) is 69.6 Å². The third-order valence-corrected chi connectivity index (χ3v) is 4.63. The van der Waals surface area contributed by atoms with E-state index in [1.54, 1.807) is 6.07 Å². The molecule has 1 fully saturated rings. The molecule has 1 aliphatic rings. The normalized spacial score (nSPS) is 26.1. The minimum Gasteiger partial charge on any atom is -0.399 e. The smallest absolute Gasteiger partial charge is 0.182 e. The van der Waals surface area contributed by atoms with Crippen LogP contribution in [-0.2, 0) is 0 Å². The van der Waals surface area contributed by atoms with Crippen LogP contribution < -0.4 is 5.73 Å². The third kappa shape index (κ3) is 2.26. The molecule has 3 atom stereocenters. The number of rotatable bonds is 2. The zero-order valence-corrected chi connectivity index (χ0v) is 12.4. The van der Waals surface area contributed by atoms with Gasteiger partial charge in [-0.25, -0.2) is 4.68 Å². The summed E-state index contributed by atoms with van der Waals surface area (Å²) in [6, 6.07) is 5.77. The Hall–Kier alpha value is -1.62. The van der Waals surface area contributed by atoms with Crippen molar-refractivity contribution < 1.29 is 0 Å². The van der Waals surface area contributed by atoms with Gasteiger partial charge in [0.1, 0.15) is 0 Å². The van der Waals surface area contributed by atoms with Crippen LogP contribution in [0.2, 0.25) is 5.02 Å². The number of benzene rings is 1. The fraction of sp³-hybridized carbons (Fsp3) is 0.500. The summed E-state index contributed by atoms with van der Waals surface area (Å²) in [4.78, 5) is 0. The molecule has 1 aliphatic carbocycles. The standard InChI is InChI=1S/C14H18ClN5/c1-8-3-4-13(9(8)2)20-14(17-18-19-20)10-5-11(15)7-12(16)6-10/h5-9,13H,3-4,16H2,1-2H3. The largest absolute Gasteiger partial charge is 0.399 e. The van der Waals surface area contributed by atoms with E-state index in [9.17, 15) is 0 Å². The number of nitrogens with two attached hydrogens (primary N) is 1. The predicted octanol–water partition coefficient (Wildman–Crippen LogP) is 3.18. The van der Waals surface area contributed by atoms with E-state index in [0.717, 1.165) is 17.8 Å². The van der Waals surface area contributed by atoms with E-state index < -0.39 is 0 Å². The molecule has 1 aromatic carbocycles. The molecule has 20 heavy (non-hydrogen) atoms. The molecule has 0 radical (unpaired) electrons. The van der Waals surface area contributed by atoms with Gasteiger partial charge in [0.25, 0.3) is 0 Å². The van der Waals surface area contributed by atoms with Crippen LogP contribution in [0, 0.1) is 11.8 Å². The summed E-state index contributed by atoms with van der Waals surface area (Å²) in [5.41, 5.74) is 7.34. The van der Waals surface area contributed by atoms with Crippen LogP contribution >= 0.6 is 11.6 Å². The Balaban J connectivity index is 2.02. The fourth-order valence-corrected chi connectivity index (χ4v) is 3.28. The average molecular weight is 292 g/mol. The molecule has 1 saturated carbocycles. The number of aromatic nitrogens is 4. The zero-order valence-electron chi connectivity index (χ0n) is 11.6. The van der Waals surface area contributed by atoms with E-state index >= 15 is 0 Å². The number of hydrogen-bond acceptors (Lipinski definition) is 4. The zero-order chi connectivity index (χ0) is 14.3. The van der Waals surface area contributed by atoms with E-state index in [4.69, 9.17) is 17.3 Å². The lowest BCUT2D eigenvalue weighted by Crippen LogP contribution is -2.17. The summed E-state index contributed by atoms with van der Waals surface area (Å²) >= 11 is 6.07. The first-order chi connectivity index (χ1) is 9.56. The number of nitrogens with zero attached hydrogens (tertiary/aromatic N) is 4. The van der Waals surface area contributed by atoms with Gasteiger partial charge in [0.15, 0.2) is 5.82 Å². The third-order valence-electron chi connectivity index (χ3n) is 4.41. The van der Waals surface area contributed by atoms with Crippen LogP contribution in [-0.4, -0.2) is 20.2 Å². The Bertz CT molecular complexity index is 604. The molecule has 3 rings (SSSR count). The van der Waals surface area contributed by atoms with Gasteiger partial charge in [-0.1, -0.05) is 25.4 Å². The average Bonchev–Trinajstić information content (AvgIpc) is 2.97. The first-order valence-electron chi connectivity index (χ1n) is 6.90. The lowest BCUT2D eigenvalue weighted by atomic mass is 9.98. The summed E-state index contributed by atoms with van der Waals surface area (Å²) in [5, 5.41) is 12.8. The second-order valence-corrected chi connectivity index (χ2v) is 6.14. The molecule has 6 heteroatoms. The Kier molecular flexibility index (Phi) is 3.38. The van der Waals surface area contributed by atoms with Gasteiger partial charge >= 0.3 is 0 Å². The first-order valence-corrected chi connectivity index (χ1v) is 7.28. The van der Waals surface area contributed by atoms with Crippen LogP contribution in [0.5, 0.6) is 0 Å². The van der Waals surface area contributed by atoms with Gasteiger partial charge in [0.05, 0.1) is 6.04 Å². The van der Waals surface area contributed by atoms with Crippen molar-refractivity contribution in [2.75, 3.05) is 5.73 Å². The minimum atomic E-state index is 0.343. The number of tetrazole rings is 1. The van der Waals surface area contributed by atoms with Crippen molar-refractivity contribution in [3.8, 4) is 11.4 Å². The van der Waals surface area contributed by atoms with Gasteiger partial charge in [-0.2, -0.15) is 0 Å². The lowest BCUT2D eigenvalue weighted by molar-refractivity contribution is 0.328. The number of nitrogen functional groups attached to an aromatic ring is 1. The van der Waals surface area contributed by atoms with Crippen LogP contribution in [0.4, 0.5) is 5.69 Å². The molecule has 3 unspecified atom stereocenters. The summed E-state index contributed by atoms with van der Waals surface area (Å²) in [7, 11) is 0. The maximum Gasteiger partial charge on any atom is 0.182 e. The highest BCUT2D eigenvalue weighted by atomic mass is 35.5. The van der Waals surface area contributed by atoms with Gasteiger partial charge in [-0.05, 0) is 53.3 Å². The van der Waals surface area contributed by atoms with E-state index in [2.05, 4.69) is 29.4 Å². The molecule has 106 valence electrons. The SMILES string of the molecule is CC1CCC(n2nnnc2-c2cc(N)cc(Cl)c2)C1C. The Morgan fingerprint density at radius 2 is 2.05 bits per heavy atom. The summed E-state index contributed by atoms with van der Waals surface area (Å²) < 4.78 is 1.93. The summed E-state index contributed by atoms with van der Waals surface area (Å²) in [6.07, 6.45) is 2.32. The van der Waals surface area contributed by atoms with Crippen molar-refractivity contribution in [3.63, 3.8) is 0 Å². The second-order valence-electron chi connectivity index (χ2n) is 5.70. The van der Waals surface area contributed by atoms with Crippen molar-refractivity contribution >= 4 is 17.3 Å². The molecule has 2 aromatic rings. The molecule has 2 N–H and O–H groups in total. The van der Waals surface area contributed by atoms with Crippen LogP contribution in [0.1, 0.15) is 32.7 Å². The van der Waals surface area contributed by atoms with E-state index in [1.807, 2.05) is 16.8 Å². The molecule has 0 bridgehead atoms. The lowest BCUT2D eigenvalue weighted by Gasteiger charge is -2.19. The van der Waals surface area contributed by atoms with Crippen molar-refractivity contribution in [2.24, 2.45) is 11.8 Å². The molecule has 0 aliphatic heterocycles. The summed E-state index contributed by atoms with van der Waals surface area (Å²) in [6.45, 7) is 4.55. The van der Waals surface area contributed by atoms with E-state index in [1.165, 1.54) is 6.42 Å². The maximum atomic E-state index is 6.07. The summed E-state index contributed by atoms with van der Waals surface area (Å²) in [5.74, 6) is 2.00. The van der Waals surface area contributed by atoms with E-state index in [-0.39, 0.29) is 0 Å². The Morgan fingerprint density at radius 1 is 1.25 bits per heavy atom. The fourth-order valence-electron chi connectivity index (χ4n) is 3.03. The highest BCUT2D eigenvalue weighted by Gasteiger charge is 2.33. The quantitative estimate of drug-likeness (QED) is 0.863. The minimum absolute atomic E-state index is 0.343. The van der Waals surface area contributed by atoms with Gasteiger partial charge < -0.3 is 5.73 Å². The van der Waals surface area contributed by atoms with E-state index in [0.29, 0.717) is 28.6 Å². The highest BCUT2D eigenvalue weighted by molar-refractivity contribution is 6.31. The van der Waals surface area contributed by atoms with Crippen LogP contribution in [0.3, 0.4) is 0 Å². The monoisotopic (exact) mass is 291 g/mol. The molecule has 1 heterocycles. The molecular formula is C14H18ClN5. The number of anilines is 1. The Labute approximate surface area is 123 Å².